The van der Waals surface area contributed by atoms with E-state index in [1.165, 1.54) is 11.1 Å². The van der Waals surface area contributed by atoms with E-state index < -0.39 is 0 Å². The van der Waals surface area contributed by atoms with Gasteiger partial charge in [-0.25, -0.2) is 0 Å². The largest absolute Gasteiger partial charge is 0.0991 e. The molecule has 0 radical (unpaired) electrons. The van der Waals surface area contributed by atoms with Gasteiger partial charge in [0.2, 0.25) is 0 Å². The van der Waals surface area contributed by atoms with Crippen LogP contribution in [0.5, 0.6) is 0 Å². The van der Waals surface area contributed by atoms with Gasteiger partial charge in [-0.3, -0.25) is 0 Å². The molecule has 0 heterocycles. The zero-order chi connectivity index (χ0) is 7.98. The van der Waals surface area contributed by atoms with E-state index in [0.717, 1.165) is 0 Å². The maximum absolute atomic E-state index is 3.61. The van der Waals surface area contributed by atoms with Crippen molar-refractivity contribution in [3.8, 4) is 0 Å². The zero-order valence-electron chi connectivity index (χ0n) is 6.72. The lowest BCUT2D eigenvalue weighted by molar-refractivity contribution is 1.35. The zero-order valence-corrected chi connectivity index (χ0v) is 6.72. The average Bonchev–Trinajstić information content (AvgIpc) is 1.89. The van der Waals surface area contributed by atoms with Crippen molar-refractivity contribution < 1.29 is 0 Å². The minimum atomic E-state index is 1.23. The molecule has 0 N–H and O–H groups in total. The molecule has 0 fully saturated rings. The molecular weight excluding hydrogens is 120 g/mol. The van der Waals surface area contributed by atoms with Crippen LogP contribution in [0.2, 0.25) is 0 Å². The van der Waals surface area contributed by atoms with Crippen LogP contribution in [-0.4, -0.2) is 0 Å². The maximum Gasteiger partial charge on any atom is -0.0395 e. The molecule has 0 aliphatic carbocycles. The van der Waals surface area contributed by atoms with Gasteiger partial charge < -0.3 is 0 Å². The van der Waals surface area contributed by atoms with Crippen LogP contribution in [0.4, 0.5) is 0 Å². The predicted molar refractivity (Wildman–Crippen MR) is 47.9 cm³/mol. The van der Waals surface area contributed by atoms with Crippen LogP contribution < -0.4 is 0 Å². The highest BCUT2D eigenvalue weighted by Crippen LogP contribution is 2.07. The van der Waals surface area contributed by atoms with E-state index >= 15 is 0 Å². The van der Waals surface area contributed by atoms with Crippen molar-refractivity contribution in [1.29, 1.82) is 0 Å². The number of hydrogen-bond acceptors (Lipinski definition) is 0. The van der Waals surface area contributed by atoms with Crippen LogP contribution >= 0.6 is 0 Å². The van der Waals surface area contributed by atoms with Gasteiger partial charge in [-0.05, 0) is 25.0 Å². The van der Waals surface area contributed by atoms with Crippen LogP contribution in [0.25, 0.3) is 0 Å². The number of rotatable bonds is 3. The monoisotopic (exact) mass is 134 g/mol. The fourth-order valence-corrected chi connectivity index (χ4v) is 0.616. The lowest BCUT2D eigenvalue weighted by Crippen LogP contribution is -1.75. The van der Waals surface area contributed by atoms with Crippen molar-refractivity contribution in [2.24, 2.45) is 0 Å². The van der Waals surface area contributed by atoms with Crippen LogP contribution in [-0.2, 0) is 0 Å². The summed E-state index contributed by atoms with van der Waals surface area (Å²) in [6.07, 6.45) is 7.54. The first-order valence-electron chi connectivity index (χ1n) is 3.31. The molecule has 0 bridgehead atoms. The summed E-state index contributed by atoms with van der Waals surface area (Å²) in [5.41, 5.74) is 2.46. The summed E-state index contributed by atoms with van der Waals surface area (Å²) in [5, 5.41) is 0. The smallest absolute Gasteiger partial charge is 0.0395 e. The van der Waals surface area contributed by atoms with E-state index in [4.69, 9.17) is 0 Å². The third kappa shape index (κ3) is 3.08. The third-order valence-electron chi connectivity index (χ3n) is 1.36. The average molecular weight is 134 g/mol. The van der Waals surface area contributed by atoms with Gasteiger partial charge in [-0.2, -0.15) is 0 Å². The first-order chi connectivity index (χ1) is 4.72. The standard InChI is InChI=1S/C10H14/c1-5-7-9(3)10(4)8-6-2/h5-8H,1-2H2,3-4H3/b9-7-,10-8-. The van der Waals surface area contributed by atoms with Gasteiger partial charge >= 0.3 is 0 Å². The first-order valence-corrected chi connectivity index (χ1v) is 3.31. The molecule has 0 heteroatoms. The summed E-state index contributed by atoms with van der Waals surface area (Å²) >= 11 is 0. The van der Waals surface area contributed by atoms with Crippen molar-refractivity contribution >= 4 is 0 Å². The number of allylic oxidation sites excluding steroid dienone is 6. The fraction of sp³-hybridized carbons (Fsp3) is 0.200. The van der Waals surface area contributed by atoms with E-state index in [1.54, 1.807) is 12.2 Å². The molecule has 0 saturated carbocycles. The second-order valence-corrected chi connectivity index (χ2v) is 2.17. The highest BCUT2D eigenvalue weighted by atomic mass is 13.9. The highest BCUT2D eigenvalue weighted by molar-refractivity contribution is 5.31. The van der Waals surface area contributed by atoms with Crippen LogP contribution in [0.15, 0.2) is 48.6 Å². The van der Waals surface area contributed by atoms with Crippen molar-refractivity contribution in [2.45, 2.75) is 13.8 Å². The Morgan fingerprint density at radius 2 is 1.20 bits per heavy atom. The van der Waals surface area contributed by atoms with Gasteiger partial charge in [0.05, 0.1) is 0 Å². The molecule has 10 heavy (non-hydrogen) atoms. The van der Waals surface area contributed by atoms with E-state index in [2.05, 4.69) is 27.0 Å². The second-order valence-electron chi connectivity index (χ2n) is 2.17. The molecule has 0 unspecified atom stereocenters. The number of hydrogen-bond donors (Lipinski definition) is 0. The Balaban J connectivity index is 4.33. The molecule has 0 aromatic rings. The molecule has 0 rings (SSSR count). The van der Waals surface area contributed by atoms with E-state index in [9.17, 15) is 0 Å². The third-order valence-corrected chi connectivity index (χ3v) is 1.36. The first kappa shape index (κ1) is 8.96. The van der Waals surface area contributed by atoms with Crippen molar-refractivity contribution in [1.82, 2.24) is 0 Å². The van der Waals surface area contributed by atoms with Gasteiger partial charge in [0.25, 0.3) is 0 Å². The van der Waals surface area contributed by atoms with E-state index in [0.29, 0.717) is 0 Å². The molecule has 0 aromatic carbocycles. The molecule has 0 aromatic heterocycles. The minimum Gasteiger partial charge on any atom is -0.0991 e. The quantitative estimate of drug-likeness (QED) is 0.520. The van der Waals surface area contributed by atoms with E-state index in [-0.39, 0.29) is 0 Å². The SMILES string of the molecule is C=C/C=C(C)\C(C)=C/C=C. The van der Waals surface area contributed by atoms with Gasteiger partial charge in [0.1, 0.15) is 0 Å². The fourth-order valence-electron chi connectivity index (χ4n) is 0.616. The molecular formula is C10H14. The van der Waals surface area contributed by atoms with Crippen LogP contribution in [0.3, 0.4) is 0 Å². The Morgan fingerprint density at radius 1 is 0.900 bits per heavy atom. The Bertz CT molecular complexity index is 158. The summed E-state index contributed by atoms with van der Waals surface area (Å²) < 4.78 is 0. The lowest BCUT2D eigenvalue weighted by atomic mass is 10.1. The van der Waals surface area contributed by atoms with Crippen molar-refractivity contribution in [3.63, 3.8) is 0 Å². The molecule has 0 atom stereocenters. The Kier molecular flexibility index (Phi) is 4.30. The lowest BCUT2D eigenvalue weighted by Gasteiger charge is -1.96. The maximum atomic E-state index is 3.61. The molecule has 0 nitrogen and oxygen atoms in total. The van der Waals surface area contributed by atoms with Gasteiger partial charge in [-0.15, -0.1) is 0 Å². The van der Waals surface area contributed by atoms with Crippen LogP contribution in [0.1, 0.15) is 13.8 Å². The topological polar surface area (TPSA) is 0 Å². The highest BCUT2D eigenvalue weighted by Gasteiger charge is 1.86. The Labute approximate surface area is 63.3 Å². The summed E-state index contributed by atoms with van der Waals surface area (Å²) in [5.74, 6) is 0. The molecule has 0 amide bonds. The normalized spacial score (nSPS) is 13.0. The second kappa shape index (κ2) is 4.80. The molecule has 0 spiro atoms. The van der Waals surface area contributed by atoms with Crippen LogP contribution in [0, 0.1) is 0 Å². The Morgan fingerprint density at radius 3 is 1.40 bits per heavy atom. The van der Waals surface area contributed by atoms with E-state index in [1.807, 2.05) is 12.2 Å². The van der Waals surface area contributed by atoms with Crippen molar-refractivity contribution in [3.05, 3.63) is 48.6 Å². The molecule has 54 valence electrons. The van der Waals surface area contributed by atoms with Crippen molar-refractivity contribution in [2.75, 3.05) is 0 Å². The predicted octanol–water partition coefficient (Wildman–Crippen LogP) is 3.25. The molecule has 0 aliphatic rings. The summed E-state index contributed by atoms with van der Waals surface area (Å²) in [6, 6.07) is 0. The van der Waals surface area contributed by atoms with Gasteiger partial charge in [0.15, 0.2) is 0 Å². The summed E-state index contributed by atoms with van der Waals surface area (Å²) in [7, 11) is 0. The Hall–Kier alpha value is -1.04. The van der Waals surface area contributed by atoms with Gasteiger partial charge in [0, 0.05) is 0 Å². The minimum absolute atomic E-state index is 1.23. The summed E-state index contributed by atoms with van der Waals surface area (Å²) in [4.78, 5) is 0. The summed E-state index contributed by atoms with van der Waals surface area (Å²) in [6.45, 7) is 11.3. The molecule has 0 saturated heterocycles. The molecule has 0 aliphatic heterocycles. The van der Waals surface area contributed by atoms with Gasteiger partial charge in [-0.1, -0.05) is 37.5 Å².